The number of nitrogens with zero attached hydrogens (tertiary/aromatic N) is 3. The lowest BCUT2D eigenvalue weighted by Crippen LogP contribution is -2.04. The molecule has 7 heteroatoms. The summed E-state index contributed by atoms with van der Waals surface area (Å²) in [5.74, 6) is 0.632. The average molecular weight is 385 g/mol. The maximum absolute atomic E-state index is 4.79. The van der Waals surface area contributed by atoms with Crippen molar-refractivity contribution in [2.24, 2.45) is 0 Å². The van der Waals surface area contributed by atoms with E-state index >= 15 is 0 Å². The van der Waals surface area contributed by atoms with Gasteiger partial charge in [0.05, 0.1) is 12.2 Å². The molecule has 0 bridgehead atoms. The van der Waals surface area contributed by atoms with E-state index in [4.69, 9.17) is 9.97 Å². The Kier molecular flexibility index (Phi) is 4.61. The fraction of sp³-hybridized carbons (Fsp3) is 0.167. The highest BCUT2D eigenvalue weighted by Gasteiger charge is 2.16. The minimum Gasteiger partial charge on any atom is -0.349 e. The van der Waals surface area contributed by atoms with Gasteiger partial charge in [-0.1, -0.05) is 6.07 Å². The summed E-state index contributed by atoms with van der Waals surface area (Å²) in [7, 11) is 0. The monoisotopic (exact) mass is 384 g/mol. The maximum atomic E-state index is 4.79. The van der Waals surface area contributed by atoms with Crippen LogP contribution in [0.1, 0.15) is 15.4 Å². The molecule has 0 saturated carbocycles. The number of hydrogen-bond donors (Lipinski definition) is 1. The number of thiazole rings is 1. The summed E-state index contributed by atoms with van der Waals surface area (Å²) >= 11 is 5.07. The minimum absolute atomic E-state index is 0.632. The zero-order chi connectivity index (χ0) is 17.2. The molecular formula is C18H16N4S3. The number of hydrogen-bond acceptors (Lipinski definition) is 7. The van der Waals surface area contributed by atoms with Crippen molar-refractivity contribution in [3.63, 3.8) is 0 Å². The van der Waals surface area contributed by atoms with Crippen LogP contribution in [-0.2, 0) is 6.54 Å². The molecule has 0 aliphatic heterocycles. The lowest BCUT2D eigenvalue weighted by Gasteiger charge is -2.08. The van der Waals surface area contributed by atoms with E-state index < -0.39 is 0 Å². The van der Waals surface area contributed by atoms with E-state index in [9.17, 15) is 0 Å². The number of anilines is 1. The zero-order valence-electron chi connectivity index (χ0n) is 13.8. The van der Waals surface area contributed by atoms with Crippen molar-refractivity contribution in [2.75, 3.05) is 5.32 Å². The third kappa shape index (κ3) is 3.49. The van der Waals surface area contributed by atoms with Crippen LogP contribution >= 0.6 is 34.0 Å². The first kappa shape index (κ1) is 16.4. The molecule has 4 nitrogen and oxygen atoms in total. The van der Waals surface area contributed by atoms with Gasteiger partial charge in [-0.05, 0) is 47.7 Å². The molecule has 0 radical (unpaired) electrons. The topological polar surface area (TPSA) is 50.7 Å². The molecule has 0 aromatic carbocycles. The molecule has 0 aliphatic carbocycles. The van der Waals surface area contributed by atoms with Crippen molar-refractivity contribution >= 4 is 40.0 Å². The highest BCUT2D eigenvalue weighted by molar-refractivity contribution is 7.15. The van der Waals surface area contributed by atoms with E-state index in [2.05, 4.69) is 51.6 Å². The molecule has 4 aromatic rings. The van der Waals surface area contributed by atoms with Crippen LogP contribution < -0.4 is 5.32 Å². The fourth-order valence-corrected chi connectivity index (χ4v) is 4.63. The summed E-state index contributed by atoms with van der Waals surface area (Å²) in [6, 6.07) is 6.25. The van der Waals surface area contributed by atoms with Gasteiger partial charge in [0.15, 0.2) is 0 Å². The zero-order valence-corrected chi connectivity index (χ0v) is 16.3. The van der Waals surface area contributed by atoms with Crippen molar-refractivity contribution in [3.8, 4) is 21.8 Å². The van der Waals surface area contributed by atoms with E-state index in [-0.39, 0.29) is 0 Å². The van der Waals surface area contributed by atoms with Gasteiger partial charge in [-0.15, -0.1) is 22.7 Å². The third-order valence-electron chi connectivity index (χ3n) is 3.85. The highest BCUT2D eigenvalue weighted by atomic mass is 32.1. The van der Waals surface area contributed by atoms with Crippen LogP contribution in [0.4, 0.5) is 5.95 Å². The second-order valence-corrected chi connectivity index (χ2v) is 8.58. The quantitative estimate of drug-likeness (QED) is 0.485. The van der Waals surface area contributed by atoms with Gasteiger partial charge in [-0.3, -0.25) is 0 Å². The van der Waals surface area contributed by atoms with Crippen LogP contribution in [-0.4, -0.2) is 15.0 Å². The first-order valence-corrected chi connectivity index (χ1v) is 10.4. The Morgan fingerprint density at radius 1 is 1.12 bits per heavy atom. The molecule has 1 N–H and O–H groups in total. The van der Waals surface area contributed by atoms with Crippen molar-refractivity contribution < 1.29 is 0 Å². The first-order valence-electron chi connectivity index (χ1n) is 7.81. The SMILES string of the molecule is Cc1nc(-c2nc(NCc3cccs3)ncc2-c2ccsc2)sc1C. The smallest absolute Gasteiger partial charge is 0.223 e. The molecule has 0 fully saturated rings. The molecule has 0 amide bonds. The third-order valence-corrected chi connectivity index (χ3v) is 6.49. The Bertz CT molecular complexity index is 953. The fourth-order valence-electron chi connectivity index (χ4n) is 2.41. The Hall–Kier alpha value is -2.09. The predicted octanol–water partition coefficient (Wildman–Crippen LogP) is 5.62. The number of aryl methyl sites for hydroxylation is 2. The van der Waals surface area contributed by atoms with Gasteiger partial charge in [-0.2, -0.15) is 11.3 Å². The van der Waals surface area contributed by atoms with Crippen molar-refractivity contribution in [1.29, 1.82) is 0 Å². The van der Waals surface area contributed by atoms with Crippen molar-refractivity contribution in [1.82, 2.24) is 15.0 Å². The minimum atomic E-state index is 0.632. The molecule has 0 saturated heterocycles. The Morgan fingerprint density at radius 3 is 2.72 bits per heavy atom. The Morgan fingerprint density at radius 2 is 2.04 bits per heavy atom. The van der Waals surface area contributed by atoms with Crippen LogP contribution in [0.2, 0.25) is 0 Å². The summed E-state index contributed by atoms with van der Waals surface area (Å²) in [5, 5.41) is 10.5. The van der Waals surface area contributed by atoms with Gasteiger partial charge in [0.25, 0.3) is 0 Å². The number of aromatic nitrogens is 3. The summed E-state index contributed by atoms with van der Waals surface area (Å²) in [4.78, 5) is 16.5. The first-order chi connectivity index (χ1) is 12.2. The molecule has 0 aliphatic rings. The molecule has 4 heterocycles. The summed E-state index contributed by atoms with van der Waals surface area (Å²) < 4.78 is 0. The lowest BCUT2D eigenvalue weighted by molar-refractivity contribution is 1.07. The van der Waals surface area contributed by atoms with Crippen LogP contribution in [0.3, 0.4) is 0 Å². The van der Waals surface area contributed by atoms with Crippen molar-refractivity contribution in [2.45, 2.75) is 20.4 Å². The van der Waals surface area contributed by atoms with E-state index in [1.165, 1.54) is 9.75 Å². The van der Waals surface area contributed by atoms with E-state index in [1.807, 2.05) is 13.1 Å². The van der Waals surface area contributed by atoms with E-state index in [0.29, 0.717) is 5.95 Å². The van der Waals surface area contributed by atoms with Crippen LogP contribution in [0, 0.1) is 13.8 Å². The van der Waals surface area contributed by atoms with E-state index in [1.54, 1.807) is 34.0 Å². The average Bonchev–Trinajstić information content (AvgIpc) is 3.36. The molecular weight excluding hydrogens is 368 g/mol. The Labute approximate surface area is 158 Å². The molecule has 4 aromatic heterocycles. The van der Waals surface area contributed by atoms with Gasteiger partial charge in [0.2, 0.25) is 5.95 Å². The van der Waals surface area contributed by atoms with Gasteiger partial charge in [0, 0.05) is 21.5 Å². The molecule has 0 unspecified atom stereocenters. The summed E-state index contributed by atoms with van der Waals surface area (Å²) in [6.45, 7) is 4.86. The summed E-state index contributed by atoms with van der Waals surface area (Å²) in [6.07, 6.45) is 1.90. The second-order valence-electron chi connectivity index (χ2n) is 5.56. The second kappa shape index (κ2) is 7.03. The van der Waals surface area contributed by atoms with Gasteiger partial charge < -0.3 is 5.32 Å². The normalized spacial score (nSPS) is 11.0. The lowest BCUT2D eigenvalue weighted by atomic mass is 10.1. The van der Waals surface area contributed by atoms with Crippen molar-refractivity contribution in [3.05, 3.63) is 56.0 Å². The molecule has 126 valence electrons. The molecule has 25 heavy (non-hydrogen) atoms. The number of thiophene rings is 2. The van der Waals surface area contributed by atoms with Gasteiger partial charge in [0.1, 0.15) is 10.7 Å². The van der Waals surface area contributed by atoms with Crippen LogP contribution in [0.15, 0.2) is 40.5 Å². The van der Waals surface area contributed by atoms with Crippen LogP contribution in [0.5, 0.6) is 0 Å². The Balaban J connectivity index is 1.72. The molecule has 0 atom stereocenters. The highest BCUT2D eigenvalue weighted by Crippen LogP contribution is 2.35. The molecule has 4 rings (SSSR count). The van der Waals surface area contributed by atoms with Crippen LogP contribution in [0.25, 0.3) is 21.8 Å². The van der Waals surface area contributed by atoms with Gasteiger partial charge in [-0.25, -0.2) is 15.0 Å². The maximum Gasteiger partial charge on any atom is 0.223 e. The van der Waals surface area contributed by atoms with E-state index in [0.717, 1.165) is 34.1 Å². The standard InChI is InChI=1S/C18H16N4S3/c1-11-12(2)25-17(21-11)16-15(13-5-7-23-10-13)9-20-18(22-16)19-8-14-4-3-6-24-14/h3-7,9-10H,8H2,1-2H3,(H,19,20,22). The van der Waals surface area contributed by atoms with Gasteiger partial charge >= 0.3 is 0 Å². The number of rotatable bonds is 5. The largest absolute Gasteiger partial charge is 0.349 e. The summed E-state index contributed by atoms with van der Waals surface area (Å²) in [5.41, 5.74) is 4.11. The number of nitrogens with one attached hydrogen (secondary N) is 1. The molecule has 0 spiro atoms. The predicted molar refractivity (Wildman–Crippen MR) is 108 cm³/mol.